The number of H-pyrrole nitrogens is 1. The summed E-state index contributed by atoms with van der Waals surface area (Å²) >= 11 is 9.31. The quantitative estimate of drug-likeness (QED) is 0.914. The summed E-state index contributed by atoms with van der Waals surface area (Å²) in [6, 6.07) is 7.62. The van der Waals surface area contributed by atoms with Gasteiger partial charge in [0, 0.05) is 10.6 Å². The van der Waals surface area contributed by atoms with Crippen LogP contribution in [0, 0.1) is 0 Å². The third-order valence-corrected chi connectivity index (χ3v) is 3.00. The summed E-state index contributed by atoms with van der Waals surface area (Å²) in [5.41, 5.74) is 1.94. The third kappa shape index (κ3) is 2.45. The van der Waals surface area contributed by atoms with Crippen LogP contribution in [0.2, 0.25) is 5.02 Å². The van der Waals surface area contributed by atoms with E-state index in [-0.39, 0.29) is 0 Å². The highest BCUT2D eigenvalue weighted by molar-refractivity contribution is 9.10. The van der Waals surface area contributed by atoms with Crippen molar-refractivity contribution in [1.29, 1.82) is 0 Å². The Morgan fingerprint density at radius 1 is 1.38 bits per heavy atom. The third-order valence-electron chi connectivity index (χ3n) is 2.17. The van der Waals surface area contributed by atoms with Gasteiger partial charge >= 0.3 is 0 Å². The van der Waals surface area contributed by atoms with E-state index in [1.807, 2.05) is 31.3 Å². The summed E-state index contributed by atoms with van der Waals surface area (Å²) in [6.07, 6.45) is 0. The number of hydrogen-bond acceptors (Lipinski definition) is 2. The Morgan fingerprint density at radius 2 is 2.06 bits per heavy atom. The Labute approximate surface area is 107 Å². The Kier molecular flexibility index (Phi) is 3.63. The van der Waals surface area contributed by atoms with E-state index in [4.69, 9.17) is 11.6 Å². The highest BCUT2D eigenvalue weighted by atomic mass is 79.9. The van der Waals surface area contributed by atoms with Gasteiger partial charge in [-0.3, -0.25) is 0 Å². The Bertz CT molecular complexity index is 478. The van der Waals surface area contributed by atoms with Gasteiger partial charge in [-0.05, 0) is 35.1 Å². The first-order chi connectivity index (χ1) is 7.70. The van der Waals surface area contributed by atoms with Crippen LogP contribution in [-0.2, 0) is 6.54 Å². The van der Waals surface area contributed by atoms with Crippen molar-refractivity contribution in [2.24, 2.45) is 0 Å². The molecule has 1 aromatic carbocycles. The second kappa shape index (κ2) is 4.99. The molecule has 3 nitrogen and oxygen atoms in total. The molecule has 0 aliphatic carbocycles. The van der Waals surface area contributed by atoms with Gasteiger partial charge in [-0.1, -0.05) is 23.7 Å². The fourth-order valence-electron chi connectivity index (χ4n) is 1.45. The smallest absolute Gasteiger partial charge is 0.121 e. The highest BCUT2D eigenvalue weighted by Gasteiger charge is 2.09. The van der Waals surface area contributed by atoms with E-state index in [0.717, 1.165) is 26.7 Å². The fraction of sp³-hybridized carbons (Fsp3) is 0.182. The number of imidazole rings is 1. The molecule has 0 unspecified atom stereocenters. The molecule has 84 valence electrons. The zero-order valence-electron chi connectivity index (χ0n) is 8.72. The number of hydrogen-bond donors (Lipinski definition) is 2. The summed E-state index contributed by atoms with van der Waals surface area (Å²) in [4.78, 5) is 7.66. The first-order valence-electron chi connectivity index (χ1n) is 4.85. The van der Waals surface area contributed by atoms with Crippen LogP contribution in [0.25, 0.3) is 11.3 Å². The lowest BCUT2D eigenvalue weighted by atomic mass is 10.2. The Hall–Kier alpha value is -0.840. The monoisotopic (exact) mass is 299 g/mol. The second-order valence-corrected chi connectivity index (χ2v) is 4.61. The fourth-order valence-corrected chi connectivity index (χ4v) is 2.12. The van der Waals surface area contributed by atoms with E-state index in [1.54, 1.807) is 0 Å². The van der Waals surface area contributed by atoms with Crippen molar-refractivity contribution < 1.29 is 0 Å². The molecule has 2 N–H and O–H groups in total. The van der Waals surface area contributed by atoms with E-state index in [0.29, 0.717) is 6.54 Å². The van der Waals surface area contributed by atoms with Crippen molar-refractivity contribution in [1.82, 2.24) is 15.3 Å². The van der Waals surface area contributed by atoms with Gasteiger partial charge in [-0.25, -0.2) is 4.98 Å². The minimum Gasteiger partial charge on any atom is -0.335 e. The minimum atomic E-state index is 0.714. The van der Waals surface area contributed by atoms with Gasteiger partial charge in [0.2, 0.25) is 0 Å². The van der Waals surface area contributed by atoms with E-state index in [1.165, 1.54) is 0 Å². The van der Waals surface area contributed by atoms with Gasteiger partial charge in [0.25, 0.3) is 0 Å². The molecule has 0 atom stereocenters. The minimum absolute atomic E-state index is 0.714. The lowest BCUT2D eigenvalue weighted by molar-refractivity contribution is 0.771. The maximum absolute atomic E-state index is 5.84. The molecule has 0 saturated carbocycles. The Morgan fingerprint density at radius 3 is 2.69 bits per heavy atom. The van der Waals surface area contributed by atoms with Crippen LogP contribution in [0.1, 0.15) is 5.82 Å². The van der Waals surface area contributed by atoms with E-state index in [9.17, 15) is 0 Å². The van der Waals surface area contributed by atoms with Crippen LogP contribution in [0.5, 0.6) is 0 Å². The predicted octanol–water partition coefficient (Wildman–Crippen LogP) is 3.21. The number of nitrogens with one attached hydrogen (secondary N) is 2. The van der Waals surface area contributed by atoms with Crippen molar-refractivity contribution in [2.45, 2.75) is 6.54 Å². The first-order valence-corrected chi connectivity index (χ1v) is 6.02. The predicted molar refractivity (Wildman–Crippen MR) is 69.5 cm³/mol. The molecule has 2 rings (SSSR count). The number of aromatic nitrogens is 2. The molecule has 16 heavy (non-hydrogen) atoms. The number of benzene rings is 1. The van der Waals surface area contributed by atoms with Crippen molar-refractivity contribution in [3.05, 3.63) is 39.7 Å². The molecule has 0 fully saturated rings. The molecule has 0 spiro atoms. The standard InChI is InChI=1S/C11H11BrClN3/c1-14-6-9-15-10(11(12)16-9)7-2-4-8(13)5-3-7/h2-5,14H,6H2,1H3,(H,15,16). The molecule has 0 aliphatic rings. The van der Waals surface area contributed by atoms with E-state index < -0.39 is 0 Å². The summed E-state index contributed by atoms with van der Waals surface area (Å²) in [5.74, 6) is 0.902. The summed E-state index contributed by atoms with van der Waals surface area (Å²) in [7, 11) is 1.89. The van der Waals surface area contributed by atoms with Gasteiger partial charge in [-0.15, -0.1) is 0 Å². The normalized spacial score (nSPS) is 10.7. The van der Waals surface area contributed by atoms with Crippen LogP contribution in [0.3, 0.4) is 0 Å². The number of nitrogens with zero attached hydrogens (tertiary/aromatic N) is 1. The van der Waals surface area contributed by atoms with Crippen molar-refractivity contribution >= 4 is 27.5 Å². The molecule has 1 aromatic heterocycles. The van der Waals surface area contributed by atoms with E-state index in [2.05, 4.69) is 31.2 Å². The average molecular weight is 301 g/mol. The van der Waals surface area contributed by atoms with E-state index >= 15 is 0 Å². The Balaban J connectivity index is 2.36. The van der Waals surface area contributed by atoms with Crippen molar-refractivity contribution in [3.8, 4) is 11.3 Å². The van der Waals surface area contributed by atoms with Gasteiger partial charge < -0.3 is 10.3 Å². The van der Waals surface area contributed by atoms with Crippen molar-refractivity contribution in [2.75, 3.05) is 7.05 Å². The highest BCUT2D eigenvalue weighted by Crippen LogP contribution is 2.26. The topological polar surface area (TPSA) is 40.7 Å². The molecule has 5 heteroatoms. The van der Waals surface area contributed by atoms with Crippen LogP contribution >= 0.6 is 27.5 Å². The van der Waals surface area contributed by atoms with Gasteiger partial charge in [0.1, 0.15) is 16.1 Å². The molecule has 0 radical (unpaired) electrons. The zero-order chi connectivity index (χ0) is 11.5. The molecule has 1 heterocycles. The van der Waals surface area contributed by atoms with Crippen LogP contribution in [-0.4, -0.2) is 17.0 Å². The lowest BCUT2D eigenvalue weighted by Gasteiger charge is -1.97. The molecule has 0 bridgehead atoms. The van der Waals surface area contributed by atoms with Gasteiger partial charge in [-0.2, -0.15) is 0 Å². The maximum Gasteiger partial charge on any atom is 0.121 e. The van der Waals surface area contributed by atoms with Crippen LogP contribution < -0.4 is 5.32 Å². The zero-order valence-corrected chi connectivity index (χ0v) is 11.1. The second-order valence-electron chi connectivity index (χ2n) is 3.38. The molecule has 0 saturated heterocycles. The average Bonchev–Trinajstić information content (AvgIpc) is 2.61. The number of rotatable bonds is 3. The van der Waals surface area contributed by atoms with Crippen LogP contribution in [0.15, 0.2) is 28.9 Å². The molecule has 0 amide bonds. The summed E-state index contributed by atoms with van der Waals surface area (Å²) < 4.78 is 0.889. The molecular formula is C11H11BrClN3. The largest absolute Gasteiger partial charge is 0.335 e. The maximum atomic E-state index is 5.84. The van der Waals surface area contributed by atoms with Crippen molar-refractivity contribution in [3.63, 3.8) is 0 Å². The van der Waals surface area contributed by atoms with Crippen LogP contribution in [0.4, 0.5) is 0 Å². The first kappa shape index (κ1) is 11.6. The molecular weight excluding hydrogens is 289 g/mol. The molecule has 0 aliphatic heterocycles. The van der Waals surface area contributed by atoms with Gasteiger partial charge in [0.05, 0.1) is 6.54 Å². The molecule has 2 aromatic rings. The van der Waals surface area contributed by atoms with Gasteiger partial charge in [0.15, 0.2) is 0 Å². The number of halogens is 2. The summed E-state index contributed by atoms with van der Waals surface area (Å²) in [6.45, 7) is 0.714. The summed E-state index contributed by atoms with van der Waals surface area (Å²) in [5, 5.41) is 3.78. The SMILES string of the molecule is CNCc1nc(-c2ccc(Cl)cc2)c(Br)[nH]1. The number of aromatic amines is 1. The lowest BCUT2D eigenvalue weighted by Crippen LogP contribution is -2.06.